The third kappa shape index (κ3) is 2.88. The summed E-state index contributed by atoms with van der Waals surface area (Å²) in [6, 6.07) is 3.43. The van der Waals surface area contributed by atoms with Crippen molar-refractivity contribution < 1.29 is 4.79 Å². The predicted molar refractivity (Wildman–Crippen MR) is 60.4 cm³/mol. The van der Waals surface area contributed by atoms with Crippen molar-refractivity contribution >= 4 is 40.0 Å². The minimum Gasteiger partial charge on any atom is -0.281 e. The number of hydrogen-bond acceptors (Lipinski definition) is 1. The second-order valence-corrected chi connectivity index (χ2v) is 4.18. The number of carbonyl (C=O) groups excluding carboxylic acids is 1. The molecule has 0 aliphatic carbocycles. The van der Waals surface area contributed by atoms with Gasteiger partial charge in [0.15, 0.2) is 0 Å². The van der Waals surface area contributed by atoms with Gasteiger partial charge in [-0.15, -0.1) is 0 Å². The van der Waals surface area contributed by atoms with Gasteiger partial charge in [0.25, 0.3) is 0 Å². The van der Waals surface area contributed by atoms with Crippen LogP contribution in [0.4, 0.5) is 0 Å². The van der Waals surface area contributed by atoms with E-state index in [0.717, 1.165) is 17.5 Å². The maximum Gasteiger partial charge on any atom is 0.226 e. The Morgan fingerprint density at radius 1 is 1.36 bits per heavy atom. The molecule has 0 aliphatic rings. The highest BCUT2D eigenvalue weighted by atomic mass is 35.5. The van der Waals surface area contributed by atoms with Crippen molar-refractivity contribution in [2.45, 2.75) is 19.8 Å². The maximum absolute atomic E-state index is 10.8. The van der Waals surface area contributed by atoms with Crippen molar-refractivity contribution in [3.63, 3.8) is 0 Å². The summed E-state index contributed by atoms with van der Waals surface area (Å²) in [5, 5.41) is 0.671. The molecule has 14 heavy (non-hydrogen) atoms. The molecule has 0 aromatic heterocycles. The van der Waals surface area contributed by atoms with Crippen LogP contribution in [0.15, 0.2) is 12.1 Å². The van der Waals surface area contributed by atoms with E-state index in [1.54, 1.807) is 6.07 Å². The normalized spacial score (nSPS) is 10.3. The van der Waals surface area contributed by atoms with Crippen LogP contribution in [0.1, 0.15) is 18.1 Å². The largest absolute Gasteiger partial charge is 0.281 e. The van der Waals surface area contributed by atoms with Gasteiger partial charge in [-0.1, -0.05) is 30.1 Å². The van der Waals surface area contributed by atoms with E-state index in [2.05, 4.69) is 0 Å². The van der Waals surface area contributed by atoms with Gasteiger partial charge in [-0.25, -0.2) is 0 Å². The van der Waals surface area contributed by atoms with Crippen LogP contribution in [0.5, 0.6) is 0 Å². The molecule has 1 aromatic rings. The molecule has 0 spiro atoms. The van der Waals surface area contributed by atoms with E-state index in [0.29, 0.717) is 10.0 Å². The van der Waals surface area contributed by atoms with Crippen LogP contribution in [0.25, 0.3) is 0 Å². The van der Waals surface area contributed by atoms with Gasteiger partial charge in [0.2, 0.25) is 5.24 Å². The summed E-state index contributed by atoms with van der Waals surface area (Å²) in [6.07, 6.45) is 0.931. The standard InChI is InChI=1S/C10H9Cl3O/c1-2-6-3-7(11)4-9(12)8(6)5-10(13)14/h3-4H,2,5H2,1H3. The van der Waals surface area contributed by atoms with Crippen LogP contribution in [-0.2, 0) is 17.6 Å². The van der Waals surface area contributed by atoms with Crippen LogP contribution in [0, 0.1) is 0 Å². The lowest BCUT2D eigenvalue weighted by atomic mass is 10.0. The second kappa shape index (κ2) is 5.01. The SMILES string of the molecule is CCc1cc(Cl)cc(Cl)c1CC(=O)Cl. The first-order valence-electron chi connectivity index (χ1n) is 4.19. The highest BCUT2D eigenvalue weighted by molar-refractivity contribution is 6.63. The fourth-order valence-electron chi connectivity index (χ4n) is 1.31. The third-order valence-electron chi connectivity index (χ3n) is 1.95. The summed E-state index contributed by atoms with van der Waals surface area (Å²) < 4.78 is 0. The molecule has 0 saturated carbocycles. The van der Waals surface area contributed by atoms with Crippen molar-refractivity contribution in [2.24, 2.45) is 0 Å². The predicted octanol–water partition coefficient (Wildman–Crippen LogP) is 3.86. The van der Waals surface area contributed by atoms with Crippen LogP contribution >= 0.6 is 34.8 Å². The number of benzene rings is 1. The minimum atomic E-state index is -0.413. The van der Waals surface area contributed by atoms with Gasteiger partial charge >= 0.3 is 0 Å². The van der Waals surface area contributed by atoms with Gasteiger partial charge in [0.05, 0.1) is 0 Å². The molecule has 0 amide bonds. The number of hydrogen-bond donors (Lipinski definition) is 0. The Morgan fingerprint density at radius 3 is 2.50 bits per heavy atom. The number of carbonyl (C=O) groups is 1. The van der Waals surface area contributed by atoms with Crippen LogP contribution in [-0.4, -0.2) is 5.24 Å². The average molecular weight is 252 g/mol. The van der Waals surface area contributed by atoms with E-state index in [-0.39, 0.29) is 6.42 Å². The zero-order valence-corrected chi connectivity index (χ0v) is 9.88. The van der Waals surface area contributed by atoms with Crippen molar-refractivity contribution in [1.29, 1.82) is 0 Å². The molecule has 4 heteroatoms. The molecule has 0 N–H and O–H groups in total. The van der Waals surface area contributed by atoms with Gasteiger partial charge in [0, 0.05) is 16.5 Å². The Bertz CT molecular complexity index is 361. The molecular weight excluding hydrogens is 242 g/mol. The molecule has 0 saturated heterocycles. The second-order valence-electron chi connectivity index (χ2n) is 2.91. The van der Waals surface area contributed by atoms with Gasteiger partial charge in [0.1, 0.15) is 0 Å². The Morgan fingerprint density at radius 2 is 2.00 bits per heavy atom. The molecule has 0 bridgehead atoms. The first kappa shape index (κ1) is 11.8. The summed E-state index contributed by atoms with van der Waals surface area (Å²) in [5.74, 6) is 0. The highest BCUT2D eigenvalue weighted by Gasteiger charge is 2.10. The Labute approximate surface area is 98.0 Å². The molecule has 1 nitrogen and oxygen atoms in total. The number of halogens is 3. The van der Waals surface area contributed by atoms with Gasteiger partial charge in [-0.3, -0.25) is 4.79 Å². The van der Waals surface area contributed by atoms with Crippen molar-refractivity contribution in [2.75, 3.05) is 0 Å². The molecule has 0 radical (unpaired) electrons. The van der Waals surface area contributed by atoms with Gasteiger partial charge < -0.3 is 0 Å². The molecule has 76 valence electrons. The van der Waals surface area contributed by atoms with Crippen molar-refractivity contribution in [3.05, 3.63) is 33.3 Å². The lowest BCUT2D eigenvalue weighted by Crippen LogP contribution is -1.99. The summed E-state index contributed by atoms with van der Waals surface area (Å²) in [5.41, 5.74) is 1.75. The van der Waals surface area contributed by atoms with Gasteiger partial charge in [-0.2, -0.15) is 0 Å². The molecular formula is C10H9Cl3O. The summed E-state index contributed by atoms with van der Waals surface area (Å²) in [7, 11) is 0. The third-order valence-corrected chi connectivity index (χ3v) is 2.64. The van der Waals surface area contributed by atoms with Gasteiger partial charge in [-0.05, 0) is 41.3 Å². The first-order chi connectivity index (χ1) is 6.54. The summed E-state index contributed by atoms with van der Waals surface area (Å²) in [4.78, 5) is 10.8. The molecule has 1 aromatic carbocycles. The Kier molecular flexibility index (Phi) is 4.24. The zero-order chi connectivity index (χ0) is 10.7. The van der Waals surface area contributed by atoms with Crippen molar-refractivity contribution in [3.8, 4) is 0 Å². The summed E-state index contributed by atoms with van der Waals surface area (Å²) in [6.45, 7) is 1.98. The average Bonchev–Trinajstić information content (AvgIpc) is 2.08. The van der Waals surface area contributed by atoms with E-state index < -0.39 is 5.24 Å². The number of aryl methyl sites for hydroxylation is 1. The summed E-state index contributed by atoms with van der Waals surface area (Å²) >= 11 is 17.1. The molecule has 0 unspecified atom stereocenters. The van der Waals surface area contributed by atoms with E-state index in [1.165, 1.54) is 0 Å². The van der Waals surface area contributed by atoms with E-state index >= 15 is 0 Å². The van der Waals surface area contributed by atoms with E-state index in [1.807, 2.05) is 13.0 Å². The molecule has 0 heterocycles. The van der Waals surface area contributed by atoms with E-state index in [4.69, 9.17) is 34.8 Å². The molecule has 0 fully saturated rings. The fraction of sp³-hybridized carbons (Fsp3) is 0.300. The quantitative estimate of drug-likeness (QED) is 0.746. The topological polar surface area (TPSA) is 17.1 Å². The van der Waals surface area contributed by atoms with Crippen LogP contribution in [0.3, 0.4) is 0 Å². The number of rotatable bonds is 3. The molecule has 1 rings (SSSR count). The molecule has 0 atom stereocenters. The maximum atomic E-state index is 10.8. The monoisotopic (exact) mass is 250 g/mol. The highest BCUT2D eigenvalue weighted by Crippen LogP contribution is 2.26. The van der Waals surface area contributed by atoms with Crippen molar-refractivity contribution in [1.82, 2.24) is 0 Å². The lowest BCUT2D eigenvalue weighted by Gasteiger charge is -2.08. The minimum absolute atomic E-state index is 0.154. The van der Waals surface area contributed by atoms with Crippen LogP contribution in [0.2, 0.25) is 10.0 Å². The Hall–Kier alpha value is -0.240. The first-order valence-corrected chi connectivity index (χ1v) is 5.33. The smallest absolute Gasteiger partial charge is 0.226 e. The zero-order valence-electron chi connectivity index (χ0n) is 7.61. The van der Waals surface area contributed by atoms with E-state index in [9.17, 15) is 4.79 Å². The fourth-order valence-corrected chi connectivity index (χ4v) is 2.05. The molecule has 0 aliphatic heterocycles. The Balaban J connectivity index is 3.18. The lowest BCUT2D eigenvalue weighted by molar-refractivity contribution is -0.111. The van der Waals surface area contributed by atoms with Crippen LogP contribution < -0.4 is 0 Å².